The summed E-state index contributed by atoms with van der Waals surface area (Å²) in [6.07, 6.45) is 2.37. The first kappa shape index (κ1) is 11.6. The molecular weight excluding hydrogens is 196 g/mol. The van der Waals surface area contributed by atoms with E-state index in [9.17, 15) is 0 Å². The lowest BCUT2D eigenvalue weighted by Crippen LogP contribution is -2.33. The summed E-state index contributed by atoms with van der Waals surface area (Å²) in [7, 11) is 0. The lowest BCUT2D eigenvalue weighted by Gasteiger charge is -2.19. The van der Waals surface area contributed by atoms with Crippen molar-refractivity contribution in [1.29, 1.82) is 0 Å². The number of hydrogen-bond acceptors (Lipinski definition) is 2. The fourth-order valence-corrected chi connectivity index (χ4v) is 2.29. The van der Waals surface area contributed by atoms with E-state index < -0.39 is 0 Å². The summed E-state index contributed by atoms with van der Waals surface area (Å²) >= 11 is 0. The lowest BCUT2D eigenvalue weighted by molar-refractivity contribution is 0.478. The van der Waals surface area contributed by atoms with Crippen LogP contribution in [0.1, 0.15) is 37.4 Å². The van der Waals surface area contributed by atoms with Crippen LogP contribution in [0.5, 0.6) is 0 Å². The van der Waals surface area contributed by atoms with Crippen LogP contribution < -0.4 is 10.6 Å². The minimum Gasteiger partial charge on any atom is -0.315 e. The quantitative estimate of drug-likeness (QED) is 0.810. The van der Waals surface area contributed by atoms with Gasteiger partial charge in [0.25, 0.3) is 0 Å². The Balaban J connectivity index is 1.94. The highest BCUT2D eigenvalue weighted by Gasteiger charge is 2.16. The number of hydrogen-bond donors (Lipinski definition) is 2. The van der Waals surface area contributed by atoms with Crippen molar-refractivity contribution in [2.24, 2.45) is 0 Å². The predicted molar refractivity (Wildman–Crippen MR) is 68.6 cm³/mol. The Morgan fingerprint density at radius 2 is 2.12 bits per heavy atom. The Morgan fingerprint density at radius 1 is 1.38 bits per heavy atom. The number of rotatable bonds is 4. The molecule has 0 aliphatic carbocycles. The third kappa shape index (κ3) is 2.83. The minimum absolute atomic E-state index is 0.454. The highest BCUT2D eigenvalue weighted by atomic mass is 15.0. The molecule has 1 aromatic rings. The molecule has 1 aliphatic heterocycles. The molecule has 2 atom stereocenters. The van der Waals surface area contributed by atoms with Gasteiger partial charge in [-0.1, -0.05) is 31.2 Å². The van der Waals surface area contributed by atoms with Crippen LogP contribution in [0, 0.1) is 0 Å². The van der Waals surface area contributed by atoms with Crippen molar-refractivity contribution in [3.63, 3.8) is 0 Å². The maximum atomic E-state index is 3.67. The highest BCUT2D eigenvalue weighted by molar-refractivity contribution is 5.24. The second-order valence-corrected chi connectivity index (χ2v) is 4.67. The maximum absolute atomic E-state index is 3.67. The molecule has 0 amide bonds. The van der Waals surface area contributed by atoms with E-state index in [2.05, 4.69) is 48.7 Å². The van der Waals surface area contributed by atoms with Crippen LogP contribution in [-0.4, -0.2) is 19.1 Å². The topological polar surface area (TPSA) is 24.1 Å². The Bertz CT molecular complexity index is 312. The molecule has 88 valence electrons. The van der Waals surface area contributed by atoms with Gasteiger partial charge in [0.05, 0.1) is 0 Å². The van der Waals surface area contributed by atoms with Crippen LogP contribution in [0.4, 0.5) is 0 Å². The Hall–Kier alpha value is -0.860. The Labute approximate surface area is 98.4 Å². The van der Waals surface area contributed by atoms with Gasteiger partial charge in [0.2, 0.25) is 0 Å². The van der Waals surface area contributed by atoms with E-state index in [1.807, 2.05) is 0 Å². The zero-order chi connectivity index (χ0) is 11.4. The largest absolute Gasteiger partial charge is 0.315 e. The molecule has 1 fully saturated rings. The van der Waals surface area contributed by atoms with Gasteiger partial charge in [0.1, 0.15) is 0 Å². The smallest absolute Gasteiger partial charge is 0.0294 e. The first-order valence-corrected chi connectivity index (χ1v) is 6.35. The molecule has 2 nitrogen and oxygen atoms in total. The van der Waals surface area contributed by atoms with E-state index in [0.29, 0.717) is 12.1 Å². The van der Waals surface area contributed by atoms with Crippen molar-refractivity contribution in [1.82, 2.24) is 10.6 Å². The summed E-state index contributed by atoms with van der Waals surface area (Å²) in [5.41, 5.74) is 2.81. The lowest BCUT2D eigenvalue weighted by atomic mass is 10.0. The van der Waals surface area contributed by atoms with E-state index in [1.54, 1.807) is 0 Å². The van der Waals surface area contributed by atoms with Crippen molar-refractivity contribution >= 4 is 0 Å². The van der Waals surface area contributed by atoms with Crippen LogP contribution in [0.3, 0.4) is 0 Å². The zero-order valence-electron chi connectivity index (χ0n) is 10.3. The standard InChI is InChI=1S/C14H22N2/c1-3-12-4-6-13(7-5-12)11(2)16-14-8-9-15-10-14/h4-7,11,14-16H,3,8-10H2,1-2H3. The van der Waals surface area contributed by atoms with Crippen LogP contribution in [-0.2, 0) is 6.42 Å². The summed E-state index contributed by atoms with van der Waals surface area (Å²) in [5, 5.41) is 7.05. The fraction of sp³-hybridized carbons (Fsp3) is 0.571. The van der Waals surface area contributed by atoms with Gasteiger partial charge in [0.15, 0.2) is 0 Å². The molecular formula is C14H22N2. The van der Waals surface area contributed by atoms with Crippen LogP contribution in [0.2, 0.25) is 0 Å². The van der Waals surface area contributed by atoms with Gasteiger partial charge in [-0.15, -0.1) is 0 Å². The highest BCUT2D eigenvalue weighted by Crippen LogP contribution is 2.15. The molecule has 1 aromatic carbocycles. The molecule has 0 bridgehead atoms. The molecule has 0 saturated carbocycles. The van der Waals surface area contributed by atoms with E-state index in [0.717, 1.165) is 19.5 Å². The molecule has 2 unspecified atom stereocenters. The summed E-state index contributed by atoms with van der Waals surface area (Å²) in [6.45, 7) is 6.71. The third-order valence-corrected chi connectivity index (χ3v) is 3.43. The van der Waals surface area contributed by atoms with Gasteiger partial charge >= 0.3 is 0 Å². The normalized spacial score (nSPS) is 22.2. The number of benzene rings is 1. The van der Waals surface area contributed by atoms with Gasteiger partial charge < -0.3 is 10.6 Å². The summed E-state index contributed by atoms with van der Waals surface area (Å²) < 4.78 is 0. The summed E-state index contributed by atoms with van der Waals surface area (Å²) in [6, 6.07) is 10.1. The van der Waals surface area contributed by atoms with Gasteiger partial charge in [0, 0.05) is 18.6 Å². The predicted octanol–water partition coefficient (Wildman–Crippen LogP) is 2.26. The van der Waals surface area contributed by atoms with Crippen LogP contribution in [0.15, 0.2) is 24.3 Å². The van der Waals surface area contributed by atoms with Crippen molar-refractivity contribution < 1.29 is 0 Å². The summed E-state index contributed by atoms with van der Waals surface area (Å²) in [5.74, 6) is 0. The maximum Gasteiger partial charge on any atom is 0.0294 e. The number of aryl methyl sites for hydroxylation is 1. The molecule has 2 heteroatoms. The first-order valence-electron chi connectivity index (χ1n) is 6.35. The minimum atomic E-state index is 0.454. The fourth-order valence-electron chi connectivity index (χ4n) is 2.29. The van der Waals surface area contributed by atoms with Crippen molar-refractivity contribution in [3.8, 4) is 0 Å². The van der Waals surface area contributed by atoms with E-state index in [-0.39, 0.29) is 0 Å². The van der Waals surface area contributed by atoms with Crippen molar-refractivity contribution in [2.45, 2.75) is 38.8 Å². The second-order valence-electron chi connectivity index (χ2n) is 4.67. The van der Waals surface area contributed by atoms with E-state index in [4.69, 9.17) is 0 Å². The van der Waals surface area contributed by atoms with Gasteiger partial charge in [-0.05, 0) is 37.4 Å². The molecule has 1 aliphatic rings. The Kier molecular flexibility index (Phi) is 3.97. The van der Waals surface area contributed by atoms with E-state index >= 15 is 0 Å². The average Bonchev–Trinajstić information content (AvgIpc) is 2.82. The molecule has 2 rings (SSSR count). The molecule has 1 heterocycles. The second kappa shape index (κ2) is 5.46. The molecule has 2 N–H and O–H groups in total. The SMILES string of the molecule is CCc1ccc(C(C)NC2CCNC2)cc1. The third-order valence-electron chi connectivity index (χ3n) is 3.43. The molecule has 16 heavy (non-hydrogen) atoms. The summed E-state index contributed by atoms with van der Waals surface area (Å²) in [4.78, 5) is 0. The van der Waals surface area contributed by atoms with Gasteiger partial charge in [-0.25, -0.2) is 0 Å². The zero-order valence-corrected chi connectivity index (χ0v) is 10.3. The molecule has 0 radical (unpaired) electrons. The van der Waals surface area contributed by atoms with Gasteiger partial charge in [-0.3, -0.25) is 0 Å². The van der Waals surface area contributed by atoms with Crippen LogP contribution in [0.25, 0.3) is 0 Å². The molecule has 0 aromatic heterocycles. The Morgan fingerprint density at radius 3 is 2.69 bits per heavy atom. The first-order chi connectivity index (χ1) is 7.79. The molecule has 0 spiro atoms. The average molecular weight is 218 g/mol. The van der Waals surface area contributed by atoms with Gasteiger partial charge in [-0.2, -0.15) is 0 Å². The van der Waals surface area contributed by atoms with Crippen molar-refractivity contribution in [2.75, 3.05) is 13.1 Å². The van der Waals surface area contributed by atoms with Crippen molar-refractivity contribution in [3.05, 3.63) is 35.4 Å². The molecule has 1 saturated heterocycles. The number of nitrogens with one attached hydrogen (secondary N) is 2. The van der Waals surface area contributed by atoms with Crippen LogP contribution >= 0.6 is 0 Å². The monoisotopic (exact) mass is 218 g/mol. The van der Waals surface area contributed by atoms with E-state index in [1.165, 1.54) is 17.5 Å².